The maximum atomic E-state index is 6.53. The molecule has 2 N–H and O–H groups in total. The summed E-state index contributed by atoms with van der Waals surface area (Å²) in [6.45, 7) is 4.06. The van der Waals surface area contributed by atoms with E-state index in [1.54, 1.807) is 14.2 Å². The Kier molecular flexibility index (Phi) is 4.00. The molecule has 0 saturated carbocycles. The standard InChI is InChI=1S/C17H21NO2/c1-12-5-7-13(8-6-12)17(2,18)14-9-10-15(19-3)16(11-14)20-4/h5-11H,18H2,1-4H3. The molecule has 0 heterocycles. The summed E-state index contributed by atoms with van der Waals surface area (Å²) in [5.41, 5.74) is 9.22. The van der Waals surface area contributed by atoms with Crippen LogP contribution in [0.1, 0.15) is 23.6 Å². The lowest BCUT2D eigenvalue weighted by Crippen LogP contribution is -2.34. The van der Waals surface area contributed by atoms with Crippen LogP contribution in [0.25, 0.3) is 0 Å². The Bertz CT molecular complexity index is 588. The van der Waals surface area contributed by atoms with Crippen molar-refractivity contribution in [3.05, 3.63) is 59.2 Å². The van der Waals surface area contributed by atoms with Gasteiger partial charge in [-0.1, -0.05) is 35.9 Å². The lowest BCUT2D eigenvalue weighted by atomic mass is 9.85. The third-order valence-corrected chi connectivity index (χ3v) is 3.63. The van der Waals surface area contributed by atoms with E-state index in [0.29, 0.717) is 11.5 Å². The number of rotatable bonds is 4. The van der Waals surface area contributed by atoms with Gasteiger partial charge in [-0.2, -0.15) is 0 Å². The summed E-state index contributed by atoms with van der Waals surface area (Å²) >= 11 is 0. The summed E-state index contributed by atoms with van der Waals surface area (Å²) in [5, 5.41) is 0. The maximum absolute atomic E-state index is 6.53. The Balaban J connectivity index is 2.45. The molecule has 2 aromatic rings. The van der Waals surface area contributed by atoms with E-state index in [0.717, 1.165) is 11.1 Å². The third-order valence-electron chi connectivity index (χ3n) is 3.63. The van der Waals surface area contributed by atoms with Crippen molar-refractivity contribution in [3.63, 3.8) is 0 Å². The van der Waals surface area contributed by atoms with Crippen molar-refractivity contribution < 1.29 is 9.47 Å². The van der Waals surface area contributed by atoms with Gasteiger partial charge in [-0.25, -0.2) is 0 Å². The minimum Gasteiger partial charge on any atom is -0.493 e. The molecule has 3 heteroatoms. The minimum atomic E-state index is -0.576. The van der Waals surface area contributed by atoms with Crippen molar-refractivity contribution in [1.82, 2.24) is 0 Å². The summed E-state index contributed by atoms with van der Waals surface area (Å²) in [6, 6.07) is 14.0. The Morgan fingerprint density at radius 1 is 0.850 bits per heavy atom. The molecular weight excluding hydrogens is 250 g/mol. The van der Waals surface area contributed by atoms with E-state index in [9.17, 15) is 0 Å². The molecule has 0 aliphatic carbocycles. The van der Waals surface area contributed by atoms with Gasteiger partial charge < -0.3 is 15.2 Å². The molecule has 1 unspecified atom stereocenters. The molecule has 0 aliphatic rings. The van der Waals surface area contributed by atoms with Crippen molar-refractivity contribution in [2.45, 2.75) is 19.4 Å². The average molecular weight is 271 g/mol. The summed E-state index contributed by atoms with van der Waals surface area (Å²) in [7, 11) is 3.25. The van der Waals surface area contributed by atoms with E-state index in [2.05, 4.69) is 31.2 Å². The molecule has 20 heavy (non-hydrogen) atoms. The van der Waals surface area contributed by atoms with Gasteiger partial charge in [0.1, 0.15) is 0 Å². The molecule has 1 atom stereocenters. The van der Waals surface area contributed by atoms with Gasteiger partial charge in [0.25, 0.3) is 0 Å². The fourth-order valence-electron chi connectivity index (χ4n) is 2.23. The van der Waals surface area contributed by atoms with Gasteiger partial charge in [-0.3, -0.25) is 0 Å². The summed E-state index contributed by atoms with van der Waals surface area (Å²) in [6.07, 6.45) is 0. The highest BCUT2D eigenvalue weighted by atomic mass is 16.5. The van der Waals surface area contributed by atoms with Gasteiger partial charge in [-0.05, 0) is 37.1 Å². The van der Waals surface area contributed by atoms with Crippen LogP contribution in [0, 0.1) is 6.92 Å². The van der Waals surface area contributed by atoms with Crippen LogP contribution in [0.2, 0.25) is 0 Å². The molecule has 0 radical (unpaired) electrons. The first-order chi connectivity index (χ1) is 9.48. The molecule has 106 valence electrons. The number of ether oxygens (including phenoxy) is 2. The monoisotopic (exact) mass is 271 g/mol. The molecule has 0 fully saturated rings. The van der Waals surface area contributed by atoms with Gasteiger partial charge in [0.2, 0.25) is 0 Å². The van der Waals surface area contributed by atoms with Crippen LogP contribution in [-0.4, -0.2) is 14.2 Å². The molecule has 2 aromatic carbocycles. The van der Waals surface area contributed by atoms with Crippen LogP contribution in [0.5, 0.6) is 11.5 Å². The molecular formula is C17H21NO2. The lowest BCUT2D eigenvalue weighted by Gasteiger charge is -2.27. The third kappa shape index (κ3) is 2.63. The SMILES string of the molecule is COc1ccc(C(C)(N)c2ccc(C)cc2)cc1OC. The molecule has 0 aliphatic heterocycles. The van der Waals surface area contributed by atoms with Crippen LogP contribution < -0.4 is 15.2 Å². The van der Waals surface area contributed by atoms with Crippen LogP contribution in [0.15, 0.2) is 42.5 Å². The Labute approximate surface area is 120 Å². The normalized spacial score (nSPS) is 13.7. The van der Waals surface area contributed by atoms with E-state index >= 15 is 0 Å². The number of aryl methyl sites for hydroxylation is 1. The molecule has 0 saturated heterocycles. The summed E-state index contributed by atoms with van der Waals surface area (Å²) in [5.74, 6) is 1.39. The minimum absolute atomic E-state index is 0.576. The van der Waals surface area contributed by atoms with E-state index in [4.69, 9.17) is 15.2 Å². The van der Waals surface area contributed by atoms with Crippen molar-refractivity contribution in [1.29, 1.82) is 0 Å². The largest absolute Gasteiger partial charge is 0.493 e. The Morgan fingerprint density at radius 2 is 1.40 bits per heavy atom. The van der Waals surface area contributed by atoms with Crippen LogP contribution in [-0.2, 0) is 5.54 Å². The van der Waals surface area contributed by atoms with Gasteiger partial charge in [-0.15, -0.1) is 0 Å². The molecule has 0 amide bonds. The first-order valence-corrected chi connectivity index (χ1v) is 6.57. The van der Waals surface area contributed by atoms with Gasteiger partial charge in [0.05, 0.1) is 19.8 Å². The van der Waals surface area contributed by atoms with E-state index in [1.165, 1.54) is 5.56 Å². The highest BCUT2D eigenvalue weighted by Gasteiger charge is 2.24. The Morgan fingerprint density at radius 3 is 1.95 bits per heavy atom. The predicted octanol–water partition coefficient (Wildman–Crippen LogP) is 3.23. The van der Waals surface area contributed by atoms with Crippen molar-refractivity contribution in [2.75, 3.05) is 14.2 Å². The quantitative estimate of drug-likeness (QED) is 0.928. The van der Waals surface area contributed by atoms with Crippen LogP contribution in [0.3, 0.4) is 0 Å². The number of hydrogen-bond donors (Lipinski definition) is 1. The highest BCUT2D eigenvalue weighted by molar-refractivity contribution is 5.48. The maximum Gasteiger partial charge on any atom is 0.161 e. The second-order valence-electron chi connectivity index (χ2n) is 5.14. The fourth-order valence-corrected chi connectivity index (χ4v) is 2.23. The molecule has 3 nitrogen and oxygen atoms in total. The first-order valence-electron chi connectivity index (χ1n) is 6.57. The van der Waals surface area contributed by atoms with Crippen LogP contribution in [0.4, 0.5) is 0 Å². The fraction of sp³-hybridized carbons (Fsp3) is 0.294. The molecule has 0 bridgehead atoms. The van der Waals surface area contributed by atoms with Crippen molar-refractivity contribution in [3.8, 4) is 11.5 Å². The topological polar surface area (TPSA) is 44.5 Å². The molecule has 0 aromatic heterocycles. The zero-order valence-corrected chi connectivity index (χ0v) is 12.4. The zero-order valence-electron chi connectivity index (χ0n) is 12.4. The number of hydrogen-bond acceptors (Lipinski definition) is 3. The average Bonchev–Trinajstić information content (AvgIpc) is 2.46. The van der Waals surface area contributed by atoms with Crippen molar-refractivity contribution >= 4 is 0 Å². The second kappa shape index (κ2) is 5.55. The van der Waals surface area contributed by atoms with Gasteiger partial charge in [0.15, 0.2) is 11.5 Å². The lowest BCUT2D eigenvalue weighted by molar-refractivity contribution is 0.353. The number of benzene rings is 2. The molecule has 0 spiro atoms. The summed E-state index contributed by atoms with van der Waals surface area (Å²) < 4.78 is 10.6. The first kappa shape index (κ1) is 14.4. The smallest absolute Gasteiger partial charge is 0.161 e. The summed E-state index contributed by atoms with van der Waals surface area (Å²) in [4.78, 5) is 0. The zero-order chi connectivity index (χ0) is 14.8. The number of methoxy groups -OCH3 is 2. The van der Waals surface area contributed by atoms with E-state index < -0.39 is 5.54 Å². The number of nitrogens with two attached hydrogens (primary N) is 1. The van der Waals surface area contributed by atoms with Gasteiger partial charge in [0, 0.05) is 0 Å². The Hall–Kier alpha value is -2.00. The van der Waals surface area contributed by atoms with Crippen molar-refractivity contribution in [2.24, 2.45) is 5.73 Å². The van der Waals surface area contributed by atoms with Crippen LogP contribution >= 0.6 is 0 Å². The van der Waals surface area contributed by atoms with Gasteiger partial charge >= 0.3 is 0 Å². The van der Waals surface area contributed by atoms with E-state index in [-0.39, 0.29) is 0 Å². The van der Waals surface area contributed by atoms with E-state index in [1.807, 2.05) is 25.1 Å². The molecule has 2 rings (SSSR count). The highest BCUT2D eigenvalue weighted by Crippen LogP contribution is 2.34. The second-order valence-corrected chi connectivity index (χ2v) is 5.14. The predicted molar refractivity (Wildman–Crippen MR) is 81.4 cm³/mol.